The molecular weight excluding hydrogens is 283 g/mol. The molecule has 0 aliphatic rings. The summed E-state index contributed by atoms with van der Waals surface area (Å²) < 4.78 is 88.6. The maximum Gasteiger partial charge on any atom is 0.430 e. The molecule has 3 N–H and O–H groups in total. The van der Waals surface area contributed by atoms with E-state index >= 15 is 0 Å². The van der Waals surface area contributed by atoms with E-state index in [2.05, 4.69) is 0 Å². The van der Waals surface area contributed by atoms with Crippen molar-refractivity contribution in [1.29, 1.82) is 0 Å². The fourth-order valence-corrected chi connectivity index (χ4v) is 1.54. The molecule has 0 saturated heterocycles. The van der Waals surface area contributed by atoms with Crippen molar-refractivity contribution >= 4 is 5.69 Å². The van der Waals surface area contributed by atoms with Crippen LogP contribution in [-0.2, 0) is 5.60 Å². The lowest BCUT2D eigenvalue weighted by Crippen LogP contribution is -2.54. The quantitative estimate of drug-likeness (QED) is 0.617. The van der Waals surface area contributed by atoms with Gasteiger partial charge in [-0.25, -0.2) is 4.39 Å². The summed E-state index contributed by atoms with van der Waals surface area (Å²) in [4.78, 5) is 0. The number of nitrogen functional groups attached to an aromatic ring is 1. The van der Waals surface area contributed by atoms with Gasteiger partial charge in [-0.1, -0.05) is 0 Å². The monoisotopic (exact) mass is 291 g/mol. The van der Waals surface area contributed by atoms with E-state index in [-0.39, 0.29) is 6.07 Å². The van der Waals surface area contributed by atoms with E-state index < -0.39 is 40.6 Å². The van der Waals surface area contributed by atoms with Gasteiger partial charge in [-0.2, -0.15) is 26.3 Å². The molecule has 1 aromatic rings. The van der Waals surface area contributed by atoms with Gasteiger partial charge in [0.1, 0.15) is 5.82 Å². The number of alkyl halides is 6. The lowest BCUT2D eigenvalue weighted by Gasteiger charge is -2.34. The first-order valence-electron chi connectivity index (χ1n) is 4.74. The normalized spacial score (nSPS) is 13.7. The summed E-state index contributed by atoms with van der Waals surface area (Å²) in [6.45, 7) is 0.826. The van der Waals surface area contributed by atoms with E-state index in [1.807, 2.05) is 0 Å². The molecule has 0 unspecified atom stereocenters. The Morgan fingerprint density at radius 2 is 1.42 bits per heavy atom. The minimum Gasteiger partial charge on any atom is -0.398 e. The summed E-state index contributed by atoms with van der Waals surface area (Å²) in [6, 6.07) is 0.526. The Morgan fingerprint density at radius 3 is 1.79 bits per heavy atom. The highest BCUT2D eigenvalue weighted by atomic mass is 19.4. The Balaban J connectivity index is 3.71. The SMILES string of the molecule is Cc1c(N)cc(F)cc1C(O)(C(F)(F)F)C(F)(F)F. The molecule has 0 bridgehead atoms. The first kappa shape index (κ1) is 15.5. The van der Waals surface area contributed by atoms with Gasteiger partial charge in [-0.15, -0.1) is 0 Å². The molecule has 0 aliphatic carbocycles. The molecule has 0 amide bonds. The molecule has 0 spiro atoms. The molecule has 0 saturated carbocycles. The molecule has 9 heteroatoms. The zero-order valence-electron chi connectivity index (χ0n) is 9.33. The van der Waals surface area contributed by atoms with Gasteiger partial charge in [0.15, 0.2) is 0 Å². The zero-order valence-corrected chi connectivity index (χ0v) is 9.33. The standard InChI is InChI=1S/C10H8F7NO/c1-4-6(2-5(11)3-7(4)18)8(19,9(12,13)14)10(15,16)17/h2-3,19H,18H2,1H3. The number of halogens is 7. The minimum atomic E-state index is -6.07. The van der Waals surface area contributed by atoms with Gasteiger partial charge >= 0.3 is 12.4 Å². The number of hydrogen-bond donors (Lipinski definition) is 2. The smallest absolute Gasteiger partial charge is 0.398 e. The van der Waals surface area contributed by atoms with Crippen LogP contribution in [0.15, 0.2) is 12.1 Å². The van der Waals surface area contributed by atoms with E-state index in [4.69, 9.17) is 10.8 Å². The van der Waals surface area contributed by atoms with E-state index in [1.165, 1.54) is 0 Å². The molecule has 108 valence electrons. The lowest BCUT2D eigenvalue weighted by molar-refractivity contribution is -0.376. The highest BCUT2D eigenvalue weighted by Gasteiger charge is 2.72. The van der Waals surface area contributed by atoms with Crippen LogP contribution in [0.5, 0.6) is 0 Å². The average Bonchev–Trinajstić information content (AvgIpc) is 2.18. The van der Waals surface area contributed by atoms with Crippen LogP contribution in [0.3, 0.4) is 0 Å². The summed E-state index contributed by atoms with van der Waals surface area (Å²) in [5.74, 6) is -1.41. The largest absolute Gasteiger partial charge is 0.430 e. The van der Waals surface area contributed by atoms with Crippen LogP contribution >= 0.6 is 0 Å². The van der Waals surface area contributed by atoms with Gasteiger partial charge < -0.3 is 10.8 Å². The molecule has 0 fully saturated rings. The van der Waals surface area contributed by atoms with Gasteiger partial charge in [0.25, 0.3) is 5.60 Å². The van der Waals surface area contributed by atoms with Crippen molar-refractivity contribution in [2.45, 2.75) is 24.9 Å². The number of aliphatic hydroxyl groups is 1. The number of anilines is 1. The van der Waals surface area contributed by atoms with Crippen LogP contribution in [0, 0.1) is 12.7 Å². The predicted octanol–water partition coefficient (Wildman–Crippen LogP) is 3.03. The van der Waals surface area contributed by atoms with Gasteiger partial charge in [0, 0.05) is 11.3 Å². The van der Waals surface area contributed by atoms with Crippen LogP contribution in [0.4, 0.5) is 36.4 Å². The zero-order chi connectivity index (χ0) is 15.2. The number of hydrogen-bond acceptors (Lipinski definition) is 2. The fourth-order valence-electron chi connectivity index (χ4n) is 1.54. The van der Waals surface area contributed by atoms with Crippen LogP contribution in [-0.4, -0.2) is 17.5 Å². The molecule has 0 heterocycles. The first-order valence-corrected chi connectivity index (χ1v) is 4.74. The summed E-state index contributed by atoms with van der Waals surface area (Å²) in [5.41, 5.74) is -3.06. The van der Waals surface area contributed by atoms with Crippen molar-refractivity contribution in [3.63, 3.8) is 0 Å². The van der Waals surface area contributed by atoms with E-state index in [0.29, 0.717) is 6.07 Å². The van der Waals surface area contributed by atoms with Crippen LogP contribution in [0.2, 0.25) is 0 Å². The van der Waals surface area contributed by atoms with Crippen LogP contribution in [0.1, 0.15) is 11.1 Å². The molecular formula is C10H8F7NO. The Morgan fingerprint density at radius 1 is 1.00 bits per heavy atom. The third-order valence-corrected chi connectivity index (χ3v) is 2.62. The highest BCUT2D eigenvalue weighted by Crippen LogP contribution is 2.51. The number of benzene rings is 1. The molecule has 0 radical (unpaired) electrons. The van der Waals surface area contributed by atoms with Crippen molar-refractivity contribution < 1.29 is 35.8 Å². The Kier molecular flexibility index (Phi) is 3.48. The topological polar surface area (TPSA) is 46.2 Å². The number of nitrogens with two attached hydrogens (primary N) is 1. The van der Waals surface area contributed by atoms with E-state index in [9.17, 15) is 30.7 Å². The second-order valence-electron chi connectivity index (χ2n) is 3.87. The predicted molar refractivity (Wildman–Crippen MR) is 51.6 cm³/mol. The number of rotatable bonds is 1. The second kappa shape index (κ2) is 4.26. The Labute approximate surface area is 102 Å². The third kappa shape index (κ3) is 2.34. The molecule has 0 aliphatic heterocycles. The van der Waals surface area contributed by atoms with Crippen molar-refractivity contribution in [1.82, 2.24) is 0 Å². The van der Waals surface area contributed by atoms with Gasteiger partial charge in [-0.3, -0.25) is 0 Å². The summed E-state index contributed by atoms with van der Waals surface area (Å²) >= 11 is 0. The fraction of sp³-hybridized carbons (Fsp3) is 0.400. The van der Waals surface area contributed by atoms with Crippen molar-refractivity contribution in [2.75, 3.05) is 5.73 Å². The molecule has 0 aromatic heterocycles. The highest BCUT2D eigenvalue weighted by molar-refractivity contribution is 5.53. The first-order chi connectivity index (χ1) is 8.32. The summed E-state index contributed by atoms with van der Waals surface area (Å²) in [5, 5.41) is 9.11. The third-order valence-electron chi connectivity index (χ3n) is 2.62. The molecule has 1 aromatic carbocycles. The van der Waals surface area contributed by atoms with Gasteiger partial charge in [0.2, 0.25) is 0 Å². The average molecular weight is 291 g/mol. The van der Waals surface area contributed by atoms with Crippen LogP contribution < -0.4 is 5.73 Å². The second-order valence-corrected chi connectivity index (χ2v) is 3.87. The van der Waals surface area contributed by atoms with Gasteiger partial charge in [-0.05, 0) is 24.6 Å². The molecule has 2 nitrogen and oxygen atoms in total. The minimum absolute atomic E-state index is 0.0350. The van der Waals surface area contributed by atoms with Crippen LogP contribution in [0.25, 0.3) is 0 Å². The Bertz CT molecular complexity index is 478. The molecule has 0 atom stereocenters. The van der Waals surface area contributed by atoms with E-state index in [1.54, 1.807) is 0 Å². The molecule has 19 heavy (non-hydrogen) atoms. The summed E-state index contributed by atoms with van der Waals surface area (Å²) in [7, 11) is 0. The van der Waals surface area contributed by atoms with Crippen molar-refractivity contribution in [3.05, 3.63) is 29.1 Å². The van der Waals surface area contributed by atoms with Crippen molar-refractivity contribution in [3.8, 4) is 0 Å². The van der Waals surface area contributed by atoms with Crippen molar-refractivity contribution in [2.24, 2.45) is 0 Å². The van der Waals surface area contributed by atoms with Gasteiger partial charge in [0.05, 0.1) is 0 Å². The molecule has 1 rings (SSSR count). The maximum absolute atomic E-state index is 13.0. The Hall–Kier alpha value is -1.51. The summed E-state index contributed by atoms with van der Waals surface area (Å²) in [6.07, 6.45) is -12.1. The lowest BCUT2D eigenvalue weighted by atomic mass is 9.88. The van der Waals surface area contributed by atoms with E-state index in [0.717, 1.165) is 6.92 Å². The maximum atomic E-state index is 13.0.